The summed E-state index contributed by atoms with van der Waals surface area (Å²) in [4.78, 5) is 13.8. The van der Waals surface area contributed by atoms with Gasteiger partial charge >= 0.3 is 6.09 Å². The Morgan fingerprint density at radius 1 is 1.30 bits per heavy atom. The van der Waals surface area contributed by atoms with E-state index in [4.69, 9.17) is 9.47 Å². The lowest BCUT2D eigenvalue weighted by molar-refractivity contribution is -0.0409. The Morgan fingerprint density at radius 2 is 1.95 bits per heavy atom. The number of piperidine rings is 1. The SMILES string of the molecule is CC(C)(C)OC(=O)N1CCC2(CC1)[C@H]1CC[C@H](O1)[C@@H]2O. The van der Waals surface area contributed by atoms with Crippen LogP contribution in [0, 0.1) is 5.41 Å². The highest BCUT2D eigenvalue weighted by molar-refractivity contribution is 5.68. The van der Waals surface area contributed by atoms with Gasteiger partial charge < -0.3 is 19.5 Å². The number of nitrogens with zero attached hydrogens (tertiary/aromatic N) is 1. The Hall–Kier alpha value is -0.810. The van der Waals surface area contributed by atoms with Gasteiger partial charge in [-0.15, -0.1) is 0 Å². The van der Waals surface area contributed by atoms with Crippen LogP contribution in [0.25, 0.3) is 0 Å². The van der Waals surface area contributed by atoms with Crippen LogP contribution in [0.2, 0.25) is 0 Å². The molecule has 3 heterocycles. The van der Waals surface area contributed by atoms with E-state index in [9.17, 15) is 9.90 Å². The van der Waals surface area contributed by atoms with Crippen LogP contribution in [0.3, 0.4) is 0 Å². The van der Waals surface area contributed by atoms with Gasteiger partial charge in [-0.2, -0.15) is 0 Å². The van der Waals surface area contributed by atoms with Gasteiger partial charge in [-0.1, -0.05) is 0 Å². The zero-order chi connectivity index (χ0) is 14.5. The van der Waals surface area contributed by atoms with Gasteiger partial charge in [0.05, 0.1) is 18.3 Å². The quantitative estimate of drug-likeness (QED) is 0.738. The standard InChI is InChI=1S/C15H25NO4/c1-14(2,3)20-13(18)16-8-6-15(7-9-16)11-5-4-10(19-11)12(15)17/h10-12,17H,4-9H2,1-3H3/t10-,11+,12-/m0/s1. The van der Waals surface area contributed by atoms with Crippen LogP contribution < -0.4 is 0 Å². The molecule has 3 rings (SSSR count). The van der Waals surface area contributed by atoms with Crippen molar-refractivity contribution in [2.75, 3.05) is 13.1 Å². The van der Waals surface area contributed by atoms with E-state index in [2.05, 4.69) is 0 Å². The molecule has 114 valence electrons. The van der Waals surface area contributed by atoms with Crippen LogP contribution in [0.1, 0.15) is 46.5 Å². The van der Waals surface area contributed by atoms with E-state index in [0.29, 0.717) is 13.1 Å². The van der Waals surface area contributed by atoms with Crippen LogP contribution in [0.5, 0.6) is 0 Å². The second-order valence-corrected chi connectivity index (χ2v) is 7.39. The summed E-state index contributed by atoms with van der Waals surface area (Å²) in [7, 11) is 0. The summed E-state index contributed by atoms with van der Waals surface area (Å²) in [5.74, 6) is 0. The molecule has 3 fully saturated rings. The molecule has 20 heavy (non-hydrogen) atoms. The smallest absolute Gasteiger partial charge is 0.410 e. The van der Waals surface area contributed by atoms with E-state index in [-0.39, 0.29) is 29.8 Å². The third-order valence-electron chi connectivity index (χ3n) is 4.98. The molecule has 0 unspecified atom stereocenters. The lowest BCUT2D eigenvalue weighted by Gasteiger charge is -2.45. The first-order chi connectivity index (χ1) is 9.32. The van der Waals surface area contributed by atoms with Crippen molar-refractivity contribution in [3.63, 3.8) is 0 Å². The summed E-state index contributed by atoms with van der Waals surface area (Å²) in [5.41, 5.74) is -0.581. The number of amides is 1. The first-order valence-corrected chi connectivity index (χ1v) is 7.63. The maximum Gasteiger partial charge on any atom is 0.410 e. The number of aliphatic hydroxyl groups excluding tert-OH is 1. The van der Waals surface area contributed by atoms with Crippen LogP contribution in [0.15, 0.2) is 0 Å². The average molecular weight is 283 g/mol. The predicted octanol–water partition coefficient (Wildman–Crippen LogP) is 1.93. The van der Waals surface area contributed by atoms with Gasteiger partial charge in [0.15, 0.2) is 0 Å². The molecular formula is C15H25NO4. The van der Waals surface area contributed by atoms with Gasteiger partial charge in [-0.25, -0.2) is 4.79 Å². The lowest BCUT2D eigenvalue weighted by Crippen LogP contribution is -2.53. The highest BCUT2D eigenvalue weighted by Crippen LogP contribution is 2.53. The molecular weight excluding hydrogens is 258 g/mol. The van der Waals surface area contributed by atoms with Crippen molar-refractivity contribution in [3.05, 3.63) is 0 Å². The third kappa shape index (κ3) is 2.21. The van der Waals surface area contributed by atoms with Crippen LogP contribution >= 0.6 is 0 Å². The van der Waals surface area contributed by atoms with Crippen molar-refractivity contribution in [1.29, 1.82) is 0 Å². The Morgan fingerprint density at radius 3 is 2.45 bits per heavy atom. The molecule has 5 heteroatoms. The van der Waals surface area contributed by atoms with Crippen molar-refractivity contribution >= 4 is 6.09 Å². The number of hydrogen-bond acceptors (Lipinski definition) is 4. The van der Waals surface area contributed by atoms with E-state index in [1.54, 1.807) is 4.90 Å². The monoisotopic (exact) mass is 283 g/mol. The normalized spacial score (nSPS) is 35.6. The zero-order valence-corrected chi connectivity index (χ0v) is 12.6. The minimum atomic E-state index is -0.457. The fraction of sp³-hybridized carbons (Fsp3) is 0.933. The average Bonchev–Trinajstić information content (AvgIpc) is 2.92. The second kappa shape index (κ2) is 4.60. The largest absolute Gasteiger partial charge is 0.444 e. The Balaban J connectivity index is 1.61. The number of ether oxygens (including phenoxy) is 2. The number of hydrogen-bond donors (Lipinski definition) is 1. The lowest BCUT2D eigenvalue weighted by atomic mass is 9.66. The summed E-state index contributed by atoms with van der Waals surface area (Å²) in [6.07, 6.45) is 3.25. The van der Waals surface area contributed by atoms with E-state index in [0.717, 1.165) is 25.7 Å². The number of carbonyl (C=O) groups is 1. The molecule has 1 spiro atoms. The Labute approximate surface area is 120 Å². The highest BCUT2D eigenvalue weighted by Gasteiger charge is 2.59. The Bertz CT molecular complexity index is 391. The summed E-state index contributed by atoms with van der Waals surface area (Å²) in [5, 5.41) is 10.4. The van der Waals surface area contributed by atoms with E-state index in [1.165, 1.54) is 0 Å². The van der Waals surface area contributed by atoms with Crippen molar-refractivity contribution in [1.82, 2.24) is 4.90 Å². The molecule has 0 aromatic carbocycles. The number of likely N-dealkylation sites (tertiary alicyclic amines) is 1. The first-order valence-electron chi connectivity index (χ1n) is 7.63. The number of fused-ring (bicyclic) bond motifs is 3. The van der Waals surface area contributed by atoms with E-state index < -0.39 is 5.60 Å². The molecule has 0 saturated carbocycles. The summed E-state index contributed by atoms with van der Waals surface area (Å²) in [6, 6.07) is 0. The summed E-state index contributed by atoms with van der Waals surface area (Å²) in [6.45, 7) is 6.94. The highest BCUT2D eigenvalue weighted by atomic mass is 16.6. The van der Waals surface area contributed by atoms with E-state index in [1.807, 2.05) is 20.8 Å². The molecule has 0 radical (unpaired) electrons. The molecule has 1 amide bonds. The number of aliphatic hydroxyl groups is 1. The van der Waals surface area contributed by atoms with Gasteiger partial charge in [0.1, 0.15) is 5.60 Å². The molecule has 3 atom stereocenters. The van der Waals surface area contributed by atoms with Gasteiger partial charge in [0, 0.05) is 18.5 Å². The molecule has 1 N–H and O–H groups in total. The topological polar surface area (TPSA) is 59.0 Å². The van der Waals surface area contributed by atoms with Gasteiger partial charge in [0.2, 0.25) is 0 Å². The molecule has 0 aromatic rings. The molecule has 3 saturated heterocycles. The van der Waals surface area contributed by atoms with Gasteiger partial charge in [0.25, 0.3) is 0 Å². The predicted molar refractivity (Wildman–Crippen MR) is 73.4 cm³/mol. The molecule has 5 nitrogen and oxygen atoms in total. The minimum Gasteiger partial charge on any atom is -0.444 e. The maximum atomic E-state index is 12.1. The van der Waals surface area contributed by atoms with Crippen molar-refractivity contribution < 1.29 is 19.4 Å². The van der Waals surface area contributed by atoms with E-state index >= 15 is 0 Å². The molecule has 2 bridgehead atoms. The fourth-order valence-electron chi connectivity index (χ4n) is 3.93. The first kappa shape index (κ1) is 14.1. The Kier molecular flexibility index (Phi) is 3.25. The number of rotatable bonds is 0. The van der Waals surface area contributed by atoms with Crippen LogP contribution in [-0.4, -0.2) is 53.1 Å². The van der Waals surface area contributed by atoms with Crippen LogP contribution in [-0.2, 0) is 9.47 Å². The minimum absolute atomic E-state index is 0.0214. The van der Waals surface area contributed by atoms with Crippen molar-refractivity contribution in [2.45, 2.75) is 70.4 Å². The maximum absolute atomic E-state index is 12.1. The van der Waals surface area contributed by atoms with Crippen molar-refractivity contribution in [3.8, 4) is 0 Å². The third-order valence-corrected chi connectivity index (χ3v) is 4.98. The molecule has 0 aliphatic carbocycles. The van der Waals surface area contributed by atoms with Gasteiger partial charge in [-0.3, -0.25) is 0 Å². The molecule has 3 aliphatic heterocycles. The van der Waals surface area contributed by atoms with Crippen LogP contribution in [0.4, 0.5) is 4.79 Å². The zero-order valence-electron chi connectivity index (χ0n) is 12.6. The molecule has 0 aromatic heterocycles. The summed E-state index contributed by atoms with van der Waals surface area (Å²) >= 11 is 0. The van der Waals surface area contributed by atoms with Crippen molar-refractivity contribution in [2.24, 2.45) is 5.41 Å². The molecule has 3 aliphatic rings. The second-order valence-electron chi connectivity index (χ2n) is 7.39. The number of carbonyl (C=O) groups excluding carboxylic acids is 1. The fourth-order valence-corrected chi connectivity index (χ4v) is 3.93. The van der Waals surface area contributed by atoms with Gasteiger partial charge in [-0.05, 0) is 46.5 Å². The summed E-state index contributed by atoms with van der Waals surface area (Å²) < 4.78 is 11.3.